The van der Waals surface area contributed by atoms with E-state index in [4.69, 9.17) is 9.47 Å². The summed E-state index contributed by atoms with van der Waals surface area (Å²) in [6, 6.07) is 0. The highest BCUT2D eigenvalue weighted by atomic mass is 16.5. The maximum absolute atomic E-state index is 11.3. The normalized spacial score (nSPS) is 10.9. The van der Waals surface area contributed by atoms with Gasteiger partial charge in [-0.2, -0.15) is 0 Å². The zero-order valence-electron chi connectivity index (χ0n) is 9.96. The molecule has 4 heteroatoms. The second-order valence-electron chi connectivity index (χ2n) is 4.29. The van der Waals surface area contributed by atoms with Crippen LogP contribution in [0.4, 0.5) is 0 Å². The second-order valence-corrected chi connectivity index (χ2v) is 4.29. The second kappa shape index (κ2) is 6.43. The monoisotopic (exact) mass is 216 g/mol. The molecule has 0 aromatic carbocycles. The Balaban J connectivity index is 3.55. The fraction of sp³-hybridized carbons (Fsp3) is 0.818. The van der Waals surface area contributed by atoms with Crippen molar-refractivity contribution in [3.05, 3.63) is 0 Å². The molecule has 4 nitrogen and oxygen atoms in total. The van der Waals surface area contributed by atoms with Crippen LogP contribution in [0.1, 0.15) is 40.5 Å². The van der Waals surface area contributed by atoms with Gasteiger partial charge in [-0.15, -0.1) is 0 Å². The molecule has 0 spiro atoms. The van der Waals surface area contributed by atoms with Crippen molar-refractivity contribution in [1.82, 2.24) is 0 Å². The lowest BCUT2D eigenvalue weighted by atomic mass is 9.97. The third-order valence-electron chi connectivity index (χ3n) is 1.68. The molecular weight excluding hydrogens is 196 g/mol. The van der Waals surface area contributed by atoms with Gasteiger partial charge in [0.2, 0.25) is 0 Å². The van der Waals surface area contributed by atoms with Gasteiger partial charge in [0.25, 0.3) is 0 Å². The van der Waals surface area contributed by atoms with Crippen molar-refractivity contribution in [2.24, 2.45) is 5.41 Å². The predicted octanol–water partition coefficient (Wildman–Crippen LogP) is 1.92. The molecule has 0 unspecified atom stereocenters. The van der Waals surface area contributed by atoms with Crippen LogP contribution >= 0.6 is 0 Å². The molecule has 0 radical (unpaired) electrons. The zero-order chi connectivity index (χ0) is 11.9. The summed E-state index contributed by atoms with van der Waals surface area (Å²) in [5, 5.41) is 0. The smallest absolute Gasteiger partial charge is 0.311 e. The minimum Gasteiger partial charge on any atom is -0.466 e. The number of carbonyl (C=O) groups excluding carboxylic acids is 2. The molecule has 0 saturated heterocycles. The molecule has 0 fully saturated rings. The maximum atomic E-state index is 11.3. The maximum Gasteiger partial charge on any atom is 0.311 e. The van der Waals surface area contributed by atoms with E-state index in [1.165, 1.54) is 0 Å². The Bertz CT molecular complexity index is 215. The van der Waals surface area contributed by atoms with Gasteiger partial charge < -0.3 is 9.47 Å². The number of carbonyl (C=O) groups is 2. The van der Waals surface area contributed by atoms with Crippen molar-refractivity contribution in [1.29, 1.82) is 0 Å². The first-order chi connectivity index (χ1) is 6.88. The van der Waals surface area contributed by atoms with Crippen LogP contribution in [0.15, 0.2) is 0 Å². The fourth-order valence-electron chi connectivity index (χ4n) is 0.831. The van der Waals surface area contributed by atoms with Gasteiger partial charge in [-0.25, -0.2) is 0 Å². The van der Waals surface area contributed by atoms with Crippen molar-refractivity contribution >= 4 is 11.9 Å². The summed E-state index contributed by atoms with van der Waals surface area (Å²) in [5.74, 6) is -0.490. The molecule has 0 rings (SSSR count). The summed E-state index contributed by atoms with van der Waals surface area (Å²) in [6.07, 6.45) is 0.811. The molecule has 0 N–H and O–H groups in total. The fourth-order valence-corrected chi connectivity index (χ4v) is 0.831. The average molecular weight is 216 g/mol. The zero-order valence-corrected chi connectivity index (χ0v) is 9.96. The van der Waals surface area contributed by atoms with E-state index < -0.39 is 5.41 Å². The average Bonchev–Trinajstić information content (AvgIpc) is 2.11. The van der Waals surface area contributed by atoms with Crippen LogP contribution in [0, 0.1) is 5.41 Å². The van der Waals surface area contributed by atoms with E-state index >= 15 is 0 Å². The predicted molar refractivity (Wildman–Crippen MR) is 56.3 cm³/mol. The van der Waals surface area contributed by atoms with Gasteiger partial charge in [0.1, 0.15) is 0 Å². The molecule has 0 aliphatic carbocycles. The van der Waals surface area contributed by atoms with E-state index in [0.29, 0.717) is 19.4 Å². The van der Waals surface area contributed by atoms with Gasteiger partial charge in [0, 0.05) is 6.42 Å². The van der Waals surface area contributed by atoms with Crippen molar-refractivity contribution in [2.45, 2.75) is 40.5 Å². The minimum atomic E-state index is -0.482. The number of ether oxygens (including phenoxy) is 2. The SMILES string of the molecule is CCOC(=O)CCCOC(=O)C(C)(C)C. The van der Waals surface area contributed by atoms with E-state index in [1.807, 2.05) is 0 Å². The highest BCUT2D eigenvalue weighted by Crippen LogP contribution is 2.15. The first-order valence-electron chi connectivity index (χ1n) is 5.20. The van der Waals surface area contributed by atoms with E-state index in [0.717, 1.165) is 0 Å². The van der Waals surface area contributed by atoms with Crippen molar-refractivity contribution in [3.8, 4) is 0 Å². The molecule has 0 bridgehead atoms. The Morgan fingerprint density at radius 2 is 1.73 bits per heavy atom. The van der Waals surface area contributed by atoms with Gasteiger partial charge >= 0.3 is 11.9 Å². The number of hydrogen-bond donors (Lipinski definition) is 0. The summed E-state index contributed by atoms with van der Waals surface area (Å²) >= 11 is 0. The Kier molecular flexibility index (Phi) is 5.97. The molecular formula is C11H20O4. The molecule has 0 saturated carbocycles. The minimum absolute atomic E-state index is 0.244. The van der Waals surface area contributed by atoms with Crippen LogP contribution in [0.5, 0.6) is 0 Å². The largest absolute Gasteiger partial charge is 0.466 e. The first-order valence-corrected chi connectivity index (χ1v) is 5.20. The number of esters is 2. The molecule has 0 amide bonds. The number of hydrogen-bond acceptors (Lipinski definition) is 4. The lowest BCUT2D eigenvalue weighted by Crippen LogP contribution is -2.23. The molecule has 88 valence electrons. The van der Waals surface area contributed by atoms with E-state index in [9.17, 15) is 9.59 Å². The Morgan fingerprint density at radius 1 is 1.13 bits per heavy atom. The topological polar surface area (TPSA) is 52.6 Å². The summed E-state index contributed by atoms with van der Waals surface area (Å²) in [4.78, 5) is 22.2. The molecule has 0 aliphatic heterocycles. The van der Waals surface area contributed by atoms with Gasteiger partial charge in [0.15, 0.2) is 0 Å². The highest BCUT2D eigenvalue weighted by molar-refractivity contribution is 5.75. The van der Waals surface area contributed by atoms with Crippen molar-refractivity contribution in [2.75, 3.05) is 13.2 Å². The quantitative estimate of drug-likeness (QED) is 0.520. The van der Waals surface area contributed by atoms with Crippen molar-refractivity contribution in [3.63, 3.8) is 0 Å². The van der Waals surface area contributed by atoms with Gasteiger partial charge in [-0.3, -0.25) is 9.59 Å². The molecule has 0 aromatic heterocycles. The van der Waals surface area contributed by atoms with E-state index in [1.54, 1.807) is 27.7 Å². The summed E-state index contributed by atoms with van der Waals surface area (Å²) in [6.45, 7) is 7.80. The van der Waals surface area contributed by atoms with E-state index in [-0.39, 0.29) is 18.5 Å². The molecule has 0 aliphatic rings. The Hall–Kier alpha value is -1.06. The molecule has 0 aromatic rings. The molecule has 0 atom stereocenters. The summed E-state index contributed by atoms with van der Waals surface area (Å²) in [7, 11) is 0. The van der Waals surface area contributed by atoms with Crippen LogP contribution in [-0.2, 0) is 19.1 Å². The van der Waals surface area contributed by atoms with Gasteiger partial charge in [-0.05, 0) is 34.1 Å². The van der Waals surface area contributed by atoms with Crippen LogP contribution in [0.25, 0.3) is 0 Å². The highest BCUT2D eigenvalue weighted by Gasteiger charge is 2.22. The lowest BCUT2D eigenvalue weighted by molar-refractivity contribution is -0.154. The van der Waals surface area contributed by atoms with Crippen LogP contribution in [0.3, 0.4) is 0 Å². The van der Waals surface area contributed by atoms with Crippen LogP contribution in [0.2, 0.25) is 0 Å². The van der Waals surface area contributed by atoms with Crippen LogP contribution < -0.4 is 0 Å². The number of rotatable bonds is 5. The van der Waals surface area contributed by atoms with E-state index in [2.05, 4.69) is 0 Å². The standard InChI is InChI=1S/C11H20O4/c1-5-14-9(12)7-6-8-15-10(13)11(2,3)4/h5-8H2,1-4H3. The molecule has 15 heavy (non-hydrogen) atoms. The summed E-state index contributed by atoms with van der Waals surface area (Å²) in [5.41, 5.74) is -0.482. The Morgan fingerprint density at radius 3 is 2.20 bits per heavy atom. The van der Waals surface area contributed by atoms with Gasteiger partial charge in [-0.1, -0.05) is 0 Å². The first kappa shape index (κ1) is 13.9. The molecule has 0 heterocycles. The lowest BCUT2D eigenvalue weighted by Gasteiger charge is -2.16. The van der Waals surface area contributed by atoms with Crippen molar-refractivity contribution < 1.29 is 19.1 Å². The van der Waals surface area contributed by atoms with Crippen LogP contribution in [-0.4, -0.2) is 25.2 Å². The van der Waals surface area contributed by atoms with Gasteiger partial charge in [0.05, 0.1) is 18.6 Å². The summed E-state index contributed by atoms with van der Waals surface area (Å²) < 4.78 is 9.73. The third-order valence-corrected chi connectivity index (χ3v) is 1.68. The Labute approximate surface area is 90.9 Å². The third kappa shape index (κ3) is 6.94.